The first kappa shape index (κ1) is 34.0. The van der Waals surface area contributed by atoms with Crippen molar-refractivity contribution in [3.63, 3.8) is 0 Å². The van der Waals surface area contributed by atoms with Crippen molar-refractivity contribution in [1.82, 2.24) is 9.97 Å². The van der Waals surface area contributed by atoms with Crippen molar-refractivity contribution < 1.29 is 34.3 Å². The lowest BCUT2D eigenvalue weighted by molar-refractivity contribution is 0.102. The van der Waals surface area contributed by atoms with Crippen LogP contribution in [0.2, 0.25) is 0 Å². The Morgan fingerprint density at radius 3 is 1.77 bits per heavy atom. The number of aliphatic hydroxyl groups is 4. The summed E-state index contributed by atoms with van der Waals surface area (Å²) in [5.41, 5.74) is 4.87. The third-order valence-electron chi connectivity index (χ3n) is 5.40. The minimum Gasteiger partial charge on any atom is -0.394 e. The zero-order valence-corrected chi connectivity index (χ0v) is 25.9. The summed E-state index contributed by atoms with van der Waals surface area (Å²) in [5, 5.41) is 37.5. The summed E-state index contributed by atoms with van der Waals surface area (Å²) in [6, 6.07) is 7.24. The monoisotopic (exact) mass is 778 g/mol. The molecular formula is C24H37FI2N6O6. The van der Waals surface area contributed by atoms with E-state index >= 15 is 0 Å². The van der Waals surface area contributed by atoms with Crippen molar-refractivity contribution in [3.05, 3.63) is 37.4 Å². The molecule has 39 heavy (non-hydrogen) atoms. The molecule has 4 rings (SSSR count). The summed E-state index contributed by atoms with van der Waals surface area (Å²) in [7, 11) is 0. The van der Waals surface area contributed by atoms with Crippen molar-refractivity contribution in [2.75, 3.05) is 94.0 Å². The number of pyridine rings is 2. The van der Waals surface area contributed by atoms with E-state index in [1.807, 2.05) is 23.1 Å². The van der Waals surface area contributed by atoms with Gasteiger partial charge in [0.15, 0.2) is 0 Å². The smallest absolute Gasteiger partial charge is 0.215 e. The fraction of sp³-hybridized carbons (Fsp3) is 0.583. The van der Waals surface area contributed by atoms with Crippen LogP contribution in [0.15, 0.2) is 24.3 Å². The SMILES string of the molecule is Fc1cc(I)cc(N2CCOCC2)n1.NC[C@H](O)CO.OC[C@@H](O)CNc1cc(I)cc(N2CCOCC2)n1. The summed E-state index contributed by atoms with van der Waals surface area (Å²) in [6.45, 7) is 5.99. The summed E-state index contributed by atoms with van der Waals surface area (Å²) >= 11 is 4.33. The first-order chi connectivity index (χ1) is 18.7. The topological polar surface area (TPSA) is 170 Å². The van der Waals surface area contributed by atoms with Gasteiger partial charge in [0.05, 0.1) is 51.8 Å². The molecule has 2 fully saturated rings. The Labute approximate surface area is 255 Å². The summed E-state index contributed by atoms with van der Waals surface area (Å²) < 4.78 is 25.5. The number of nitrogens with one attached hydrogen (secondary N) is 1. The van der Waals surface area contributed by atoms with Gasteiger partial charge in [0.25, 0.3) is 0 Å². The van der Waals surface area contributed by atoms with E-state index in [4.69, 9.17) is 30.5 Å². The third kappa shape index (κ3) is 13.3. The number of rotatable bonds is 8. The molecule has 4 heterocycles. The Kier molecular flexibility index (Phi) is 16.6. The van der Waals surface area contributed by atoms with Gasteiger partial charge in [-0.15, -0.1) is 0 Å². The quantitative estimate of drug-likeness (QED) is 0.160. The number of halogens is 3. The first-order valence-corrected chi connectivity index (χ1v) is 14.6. The van der Waals surface area contributed by atoms with Crippen molar-refractivity contribution in [1.29, 1.82) is 0 Å². The van der Waals surface area contributed by atoms with Gasteiger partial charge in [-0.1, -0.05) is 0 Å². The molecule has 2 atom stereocenters. The lowest BCUT2D eigenvalue weighted by atomic mass is 10.3. The Bertz CT molecular complexity index is 948. The minimum absolute atomic E-state index is 0.135. The van der Waals surface area contributed by atoms with Crippen LogP contribution < -0.4 is 20.9 Å². The van der Waals surface area contributed by atoms with Crippen LogP contribution >= 0.6 is 45.2 Å². The highest BCUT2D eigenvalue weighted by molar-refractivity contribution is 14.1. The van der Waals surface area contributed by atoms with Crippen LogP contribution in [0.1, 0.15) is 0 Å². The van der Waals surface area contributed by atoms with Gasteiger partial charge in [-0.2, -0.15) is 4.39 Å². The first-order valence-electron chi connectivity index (χ1n) is 12.4. The highest BCUT2D eigenvalue weighted by Crippen LogP contribution is 2.20. The Hall–Kier alpha value is -1.19. The molecule has 0 aliphatic carbocycles. The van der Waals surface area contributed by atoms with Gasteiger partial charge in [-0.05, 0) is 63.4 Å². The molecule has 0 spiro atoms. The Morgan fingerprint density at radius 2 is 1.33 bits per heavy atom. The maximum Gasteiger partial charge on any atom is 0.215 e. The van der Waals surface area contributed by atoms with Gasteiger partial charge in [-0.25, -0.2) is 9.97 Å². The van der Waals surface area contributed by atoms with E-state index < -0.39 is 18.2 Å². The standard InChI is InChI=1S/C12H18IN3O3.C9H10FIN2O.C3H9NO2/c13-9-5-11(14-7-10(18)8-17)15-12(6-9)16-1-3-19-4-2-16;10-8-5-7(11)6-9(12-8)13-1-3-14-4-2-13;4-1-3(6)2-5/h5-6,10,17-18H,1-4,7-8H2,(H,14,15);5-6H,1-4H2;3,5-6H,1-2,4H2/t10-;;3-/m0.0/s1. The molecule has 0 aromatic carbocycles. The van der Waals surface area contributed by atoms with Crippen molar-refractivity contribution >= 4 is 62.6 Å². The van der Waals surface area contributed by atoms with Crippen molar-refractivity contribution in [2.45, 2.75) is 12.2 Å². The zero-order valence-electron chi connectivity index (χ0n) is 21.6. The zero-order chi connectivity index (χ0) is 28.6. The largest absolute Gasteiger partial charge is 0.394 e. The number of ether oxygens (including phenoxy) is 2. The second kappa shape index (κ2) is 19.0. The molecular weight excluding hydrogens is 741 g/mol. The highest BCUT2D eigenvalue weighted by Gasteiger charge is 2.15. The number of nitrogens with zero attached hydrogens (tertiary/aromatic N) is 4. The average Bonchev–Trinajstić information content (AvgIpc) is 2.96. The van der Waals surface area contributed by atoms with Crippen LogP contribution in [0.3, 0.4) is 0 Å². The van der Waals surface area contributed by atoms with Crippen LogP contribution in [-0.2, 0) is 9.47 Å². The number of morpholine rings is 2. The second-order valence-electron chi connectivity index (χ2n) is 8.48. The molecule has 15 heteroatoms. The molecule has 0 radical (unpaired) electrons. The molecule has 2 aromatic heterocycles. The Morgan fingerprint density at radius 1 is 0.846 bits per heavy atom. The van der Waals surface area contributed by atoms with E-state index in [1.165, 1.54) is 6.07 Å². The fourth-order valence-corrected chi connectivity index (χ4v) is 4.41. The maximum atomic E-state index is 13.0. The molecule has 0 saturated carbocycles. The second-order valence-corrected chi connectivity index (χ2v) is 11.0. The van der Waals surface area contributed by atoms with E-state index in [0.717, 1.165) is 52.4 Å². The summed E-state index contributed by atoms with van der Waals surface area (Å²) in [4.78, 5) is 12.6. The van der Waals surface area contributed by atoms with Crippen LogP contribution in [0.25, 0.3) is 0 Å². The number of anilines is 3. The average molecular weight is 778 g/mol. The number of aromatic nitrogens is 2. The molecule has 2 aromatic rings. The molecule has 2 aliphatic heterocycles. The van der Waals surface area contributed by atoms with Crippen LogP contribution in [-0.4, -0.2) is 122 Å². The molecule has 7 N–H and O–H groups in total. The predicted octanol–water partition coefficient (Wildman–Crippen LogP) is 0.248. The molecule has 2 aliphatic rings. The third-order valence-corrected chi connectivity index (χ3v) is 6.65. The highest BCUT2D eigenvalue weighted by atomic mass is 127. The van der Waals surface area contributed by atoms with Gasteiger partial charge < -0.3 is 50.8 Å². The number of nitrogens with two attached hydrogens (primary N) is 1. The summed E-state index contributed by atoms with van der Waals surface area (Å²) in [5.74, 6) is 1.91. The molecule has 0 unspecified atom stereocenters. The lowest BCUT2D eigenvalue weighted by Crippen LogP contribution is -2.37. The van der Waals surface area contributed by atoms with Crippen LogP contribution in [0, 0.1) is 13.1 Å². The normalized spacial score (nSPS) is 16.8. The van der Waals surface area contributed by atoms with E-state index in [1.54, 1.807) is 0 Å². The lowest BCUT2D eigenvalue weighted by Gasteiger charge is -2.28. The van der Waals surface area contributed by atoms with Crippen LogP contribution in [0.4, 0.5) is 21.8 Å². The fourth-order valence-electron chi connectivity index (χ4n) is 3.30. The number of aliphatic hydroxyl groups excluding tert-OH is 4. The molecule has 2 saturated heterocycles. The van der Waals surface area contributed by atoms with Crippen molar-refractivity contribution in [3.8, 4) is 0 Å². The van der Waals surface area contributed by atoms with E-state index in [2.05, 4.69) is 65.4 Å². The van der Waals surface area contributed by atoms with Gasteiger partial charge in [0.2, 0.25) is 5.95 Å². The molecule has 12 nitrogen and oxygen atoms in total. The van der Waals surface area contributed by atoms with Gasteiger partial charge in [0, 0.05) is 52.5 Å². The Balaban J connectivity index is 0.000000234. The van der Waals surface area contributed by atoms with Crippen molar-refractivity contribution in [2.24, 2.45) is 5.73 Å². The van der Waals surface area contributed by atoms with E-state index in [0.29, 0.717) is 24.8 Å². The molecule has 0 bridgehead atoms. The maximum absolute atomic E-state index is 13.0. The number of hydrogen-bond acceptors (Lipinski definition) is 12. The predicted molar refractivity (Wildman–Crippen MR) is 164 cm³/mol. The molecule has 0 amide bonds. The summed E-state index contributed by atoms with van der Waals surface area (Å²) in [6.07, 6.45) is -1.50. The van der Waals surface area contributed by atoms with Gasteiger partial charge in [0.1, 0.15) is 17.5 Å². The van der Waals surface area contributed by atoms with Gasteiger partial charge >= 0.3 is 0 Å². The number of hydrogen-bond donors (Lipinski definition) is 6. The molecule has 220 valence electrons. The van der Waals surface area contributed by atoms with E-state index in [9.17, 15) is 9.50 Å². The minimum atomic E-state index is -0.772. The van der Waals surface area contributed by atoms with Gasteiger partial charge in [-0.3, -0.25) is 0 Å². The van der Waals surface area contributed by atoms with E-state index in [-0.39, 0.29) is 26.3 Å². The van der Waals surface area contributed by atoms with Crippen LogP contribution in [0.5, 0.6) is 0 Å².